The molecule has 1 N–H and O–H groups in total. The Kier molecular flexibility index (Phi) is 6.60. The molecule has 1 heterocycles. The molecule has 5 nitrogen and oxygen atoms in total. The second kappa shape index (κ2) is 9.22. The number of nitrogens with zero attached hydrogens (tertiary/aromatic N) is 1. The number of rotatable bonds is 8. The zero-order valence-electron chi connectivity index (χ0n) is 17.3. The average molecular weight is 451 g/mol. The molecule has 0 amide bonds. The van der Waals surface area contributed by atoms with Gasteiger partial charge in [-0.3, -0.25) is 4.90 Å². The molecule has 1 saturated carbocycles. The first-order valence-electron chi connectivity index (χ1n) is 10.6. The van der Waals surface area contributed by atoms with Crippen LogP contribution in [0.2, 0.25) is 0 Å². The molecule has 0 bridgehead atoms. The molecule has 0 unspecified atom stereocenters. The second-order valence-electron chi connectivity index (χ2n) is 8.66. The van der Waals surface area contributed by atoms with Crippen LogP contribution in [0.3, 0.4) is 0 Å². The van der Waals surface area contributed by atoms with Crippen molar-refractivity contribution in [1.82, 2.24) is 9.62 Å². The Morgan fingerprint density at radius 3 is 2.29 bits per heavy atom. The van der Waals surface area contributed by atoms with Crippen LogP contribution in [0.1, 0.15) is 31.2 Å². The first kappa shape index (κ1) is 22.2. The van der Waals surface area contributed by atoms with E-state index in [-0.39, 0.29) is 11.5 Å². The van der Waals surface area contributed by atoms with E-state index in [0.717, 1.165) is 50.9 Å². The van der Waals surface area contributed by atoms with Crippen LogP contribution >= 0.6 is 0 Å². The Balaban J connectivity index is 1.22. The highest BCUT2D eigenvalue weighted by atomic mass is 32.2. The molecule has 2 aromatic rings. The van der Waals surface area contributed by atoms with E-state index in [2.05, 4.69) is 9.62 Å². The van der Waals surface area contributed by atoms with Crippen LogP contribution in [0.5, 0.6) is 5.75 Å². The first-order valence-corrected chi connectivity index (χ1v) is 12.1. The lowest BCUT2D eigenvalue weighted by atomic mass is 9.60. The van der Waals surface area contributed by atoms with Gasteiger partial charge in [-0.1, -0.05) is 30.3 Å². The molecule has 0 aromatic heterocycles. The predicted molar refractivity (Wildman–Crippen MR) is 115 cm³/mol. The van der Waals surface area contributed by atoms with E-state index in [1.807, 2.05) is 12.1 Å². The normalized spacial score (nSPS) is 19.5. The number of likely N-dealkylation sites (tertiary alicyclic amines) is 1. The molecule has 1 aliphatic carbocycles. The lowest BCUT2D eigenvalue weighted by Gasteiger charge is -2.52. The summed E-state index contributed by atoms with van der Waals surface area (Å²) in [7, 11) is -3.45. The van der Waals surface area contributed by atoms with Gasteiger partial charge in [0, 0.05) is 12.6 Å². The van der Waals surface area contributed by atoms with Crippen LogP contribution in [0, 0.1) is 5.41 Å². The van der Waals surface area contributed by atoms with Crippen molar-refractivity contribution in [1.29, 1.82) is 0 Å². The van der Waals surface area contributed by atoms with Gasteiger partial charge in [-0.25, -0.2) is 21.9 Å². The van der Waals surface area contributed by atoms with Crippen molar-refractivity contribution in [3.63, 3.8) is 0 Å². The van der Waals surface area contributed by atoms with Gasteiger partial charge in [0.25, 0.3) is 6.43 Å². The molecular formula is C23H28F2N2O3S. The van der Waals surface area contributed by atoms with Crippen LogP contribution in [-0.4, -0.2) is 45.5 Å². The van der Waals surface area contributed by atoms with Crippen molar-refractivity contribution < 1.29 is 21.9 Å². The number of alkyl halides is 2. The highest BCUT2D eigenvalue weighted by Gasteiger charge is 2.46. The van der Waals surface area contributed by atoms with Crippen molar-refractivity contribution in [2.45, 2.75) is 49.6 Å². The molecule has 1 aliphatic heterocycles. The van der Waals surface area contributed by atoms with Crippen LogP contribution in [0.15, 0.2) is 59.5 Å². The molecular weight excluding hydrogens is 422 g/mol. The minimum atomic E-state index is -3.45. The van der Waals surface area contributed by atoms with Crippen LogP contribution < -0.4 is 9.46 Å². The Morgan fingerprint density at radius 2 is 1.68 bits per heavy atom. The summed E-state index contributed by atoms with van der Waals surface area (Å²) in [6.07, 6.45) is 1.44. The summed E-state index contributed by atoms with van der Waals surface area (Å²) in [4.78, 5) is 2.71. The lowest BCUT2D eigenvalue weighted by Crippen LogP contribution is -2.54. The summed E-state index contributed by atoms with van der Waals surface area (Å²) in [6.45, 7) is 2.18. The van der Waals surface area contributed by atoms with E-state index < -0.39 is 23.1 Å². The fourth-order valence-corrected chi connectivity index (χ4v) is 5.92. The van der Waals surface area contributed by atoms with Crippen LogP contribution in [-0.2, 0) is 16.6 Å². The van der Waals surface area contributed by atoms with E-state index >= 15 is 0 Å². The minimum absolute atomic E-state index is 0.0116. The molecule has 2 aliphatic rings. The fraction of sp³-hybridized carbons (Fsp3) is 0.478. The van der Waals surface area contributed by atoms with Crippen molar-refractivity contribution in [2.24, 2.45) is 5.41 Å². The Labute approximate surface area is 182 Å². The van der Waals surface area contributed by atoms with Crippen LogP contribution in [0.25, 0.3) is 0 Å². The maximum Gasteiger partial charge on any atom is 0.272 e. The number of halogens is 2. The molecule has 2 aromatic carbocycles. The van der Waals surface area contributed by atoms with Crippen molar-refractivity contribution in [3.05, 3.63) is 60.2 Å². The third-order valence-corrected chi connectivity index (χ3v) is 7.89. The Hall–Kier alpha value is -2.03. The van der Waals surface area contributed by atoms with Gasteiger partial charge in [0.15, 0.2) is 0 Å². The second-order valence-corrected chi connectivity index (χ2v) is 10.4. The van der Waals surface area contributed by atoms with Gasteiger partial charge in [0.1, 0.15) is 12.4 Å². The molecule has 31 heavy (non-hydrogen) atoms. The van der Waals surface area contributed by atoms with Crippen molar-refractivity contribution >= 4 is 10.0 Å². The molecule has 0 radical (unpaired) electrons. The maximum atomic E-state index is 12.5. The quantitative estimate of drug-likeness (QED) is 0.659. The summed E-state index contributed by atoms with van der Waals surface area (Å²) in [6, 6.07) is 15.8. The first-order chi connectivity index (χ1) is 14.8. The van der Waals surface area contributed by atoms with E-state index in [0.29, 0.717) is 10.6 Å². The van der Waals surface area contributed by atoms with Crippen LogP contribution in [0.4, 0.5) is 8.78 Å². The number of ether oxygens (including phenoxy) is 1. The zero-order chi connectivity index (χ0) is 21.9. The fourth-order valence-electron chi connectivity index (χ4n) is 4.66. The third-order valence-electron chi connectivity index (χ3n) is 6.36. The van der Waals surface area contributed by atoms with E-state index in [9.17, 15) is 17.2 Å². The topological polar surface area (TPSA) is 58.6 Å². The molecule has 2 fully saturated rings. The monoisotopic (exact) mass is 450 g/mol. The highest BCUT2D eigenvalue weighted by Crippen LogP contribution is 2.49. The number of sulfonamides is 1. The standard InChI is InChI=1S/C23H28F2N2O3S/c24-22(25)17-30-20-8-6-18(7-9-20)16-27-12-10-23(11-13-27)14-19(15-23)26-31(28,29)21-4-2-1-3-5-21/h1-9,19,22,26H,10-17H2. The van der Waals surface area contributed by atoms with Gasteiger partial charge in [-0.15, -0.1) is 0 Å². The Morgan fingerprint density at radius 1 is 1.03 bits per heavy atom. The third kappa shape index (κ3) is 5.61. The predicted octanol–water partition coefficient (Wildman–Crippen LogP) is 4.05. The largest absolute Gasteiger partial charge is 0.488 e. The molecule has 1 spiro atoms. The number of nitrogens with one attached hydrogen (secondary N) is 1. The molecule has 8 heteroatoms. The highest BCUT2D eigenvalue weighted by molar-refractivity contribution is 7.89. The summed E-state index contributed by atoms with van der Waals surface area (Å²) in [5.74, 6) is 0.458. The van der Waals surface area contributed by atoms with Gasteiger partial charge in [-0.05, 0) is 74.0 Å². The summed E-state index contributed by atoms with van der Waals surface area (Å²) in [5, 5.41) is 0. The van der Waals surface area contributed by atoms with Gasteiger partial charge in [-0.2, -0.15) is 0 Å². The number of hydrogen-bond donors (Lipinski definition) is 1. The molecule has 0 atom stereocenters. The number of benzene rings is 2. The zero-order valence-corrected chi connectivity index (χ0v) is 18.2. The van der Waals surface area contributed by atoms with Crippen molar-refractivity contribution in [3.8, 4) is 5.75 Å². The van der Waals surface area contributed by atoms with Gasteiger partial charge in [0.05, 0.1) is 4.90 Å². The van der Waals surface area contributed by atoms with E-state index in [1.165, 1.54) is 0 Å². The Bertz CT molecular complexity index is 952. The summed E-state index contributed by atoms with van der Waals surface area (Å²) in [5.41, 5.74) is 1.37. The van der Waals surface area contributed by atoms with Gasteiger partial charge < -0.3 is 4.74 Å². The SMILES string of the molecule is O=S(=O)(NC1CC2(CCN(Cc3ccc(OCC(F)F)cc3)CC2)C1)c1ccccc1. The lowest BCUT2D eigenvalue weighted by molar-refractivity contribution is 0.0106. The minimum Gasteiger partial charge on any atom is -0.488 e. The average Bonchev–Trinajstić information content (AvgIpc) is 2.74. The molecule has 4 rings (SSSR count). The van der Waals surface area contributed by atoms with Gasteiger partial charge >= 0.3 is 0 Å². The number of piperidine rings is 1. The molecule has 168 valence electrons. The van der Waals surface area contributed by atoms with Gasteiger partial charge in [0.2, 0.25) is 10.0 Å². The summed E-state index contributed by atoms with van der Waals surface area (Å²) < 4.78 is 57.3. The number of hydrogen-bond acceptors (Lipinski definition) is 4. The van der Waals surface area contributed by atoms with E-state index in [4.69, 9.17) is 4.74 Å². The maximum absolute atomic E-state index is 12.5. The molecule has 1 saturated heterocycles. The van der Waals surface area contributed by atoms with Crippen molar-refractivity contribution in [2.75, 3.05) is 19.7 Å². The summed E-state index contributed by atoms with van der Waals surface area (Å²) >= 11 is 0. The smallest absolute Gasteiger partial charge is 0.272 e. The van der Waals surface area contributed by atoms with E-state index in [1.54, 1.807) is 42.5 Å².